The van der Waals surface area contributed by atoms with E-state index in [2.05, 4.69) is 24.3 Å². The van der Waals surface area contributed by atoms with Crippen LogP contribution >= 0.6 is 0 Å². The largest absolute Gasteiger partial charge is 0.394 e. The molecule has 5 nitrogen and oxygen atoms in total. The molecule has 2 saturated heterocycles. The van der Waals surface area contributed by atoms with Crippen molar-refractivity contribution in [2.24, 2.45) is 5.92 Å². The molecule has 1 amide bonds. The summed E-state index contributed by atoms with van der Waals surface area (Å²) >= 11 is 0. The Balaban J connectivity index is 1.63. The number of aliphatic hydroxyl groups excluding tert-OH is 1. The van der Waals surface area contributed by atoms with Crippen LogP contribution in [0.2, 0.25) is 0 Å². The minimum Gasteiger partial charge on any atom is -0.394 e. The number of rotatable bonds is 4. The first-order chi connectivity index (χ1) is 13.8. The number of hydrogen-bond donors (Lipinski definition) is 1. The van der Waals surface area contributed by atoms with Gasteiger partial charge in [0.1, 0.15) is 6.04 Å². The smallest absolute Gasteiger partial charge is 0.227 e. The van der Waals surface area contributed by atoms with Crippen molar-refractivity contribution in [3.63, 3.8) is 0 Å². The van der Waals surface area contributed by atoms with Gasteiger partial charge in [0.25, 0.3) is 0 Å². The normalized spacial score (nSPS) is 28.2. The molecule has 1 aliphatic carbocycles. The van der Waals surface area contributed by atoms with Gasteiger partial charge in [-0.3, -0.25) is 4.79 Å². The van der Waals surface area contributed by atoms with Crippen LogP contribution in [0.1, 0.15) is 55.6 Å². The summed E-state index contributed by atoms with van der Waals surface area (Å²) in [5.74, 6) is -0.242. The lowest BCUT2D eigenvalue weighted by atomic mass is 9.72. The zero-order chi connectivity index (χ0) is 19.5. The number of nitrogens with zero attached hydrogens (tertiary/aromatic N) is 2. The number of aliphatic hydroxyl groups is 1. The van der Waals surface area contributed by atoms with Gasteiger partial charge in [-0.05, 0) is 55.2 Å². The molecular weight excluding hydrogens is 352 g/mol. The Hall–Kier alpha value is -2.16. The van der Waals surface area contributed by atoms with Crippen LogP contribution in [-0.4, -0.2) is 47.8 Å². The van der Waals surface area contributed by atoms with Gasteiger partial charge in [0.2, 0.25) is 5.91 Å². The first-order valence-electron chi connectivity index (χ1n) is 10.4. The van der Waals surface area contributed by atoms with Crippen LogP contribution in [0.3, 0.4) is 0 Å². The summed E-state index contributed by atoms with van der Waals surface area (Å²) in [6.07, 6.45) is 8.25. The fourth-order valence-electron chi connectivity index (χ4n) is 5.00. The van der Waals surface area contributed by atoms with Gasteiger partial charge in [-0.15, -0.1) is 0 Å². The van der Waals surface area contributed by atoms with E-state index < -0.39 is 6.04 Å². The van der Waals surface area contributed by atoms with Gasteiger partial charge in [0.15, 0.2) is 0 Å². The molecule has 1 aromatic carbocycles. The average Bonchev–Trinajstić information content (AvgIpc) is 2.75. The van der Waals surface area contributed by atoms with Crippen molar-refractivity contribution in [3.05, 3.63) is 41.5 Å². The quantitative estimate of drug-likeness (QED) is 0.870. The van der Waals surface area contributed by atoms with Gasteiger partial charge in [-0.25, -0.2) is 0 Å². The summed E-state index contributed by atoms with van der Waals surface area (Å²) in [6.45, 7) is 1.06. The highest BCUT2D eigenvalue weighted by Gasteiger charge is 2.53. The topological polar surface area (TPSA) is 73.6 Å². The third-order valence-electron chi connectivity index (χ3n) is 6.51. The first-order valence-corrected chi connectivity index (χ1v) is 10.4. The molecule has 28 heavy (non-hydrogen) atoms. The van der Waals surface area contributed by atoms with E-state index in [1.54, 1.807) is 4.90 Å². The summed E-state index contributed by atoms with van der Waals surface area (Å²) < 4.78 is 5.37. The number of allylic oxidation sites excluding steroid dienone is 2. The molecule has 0 saturated carbocycles. The average molecular weight is 380 g/mol. The third kappa shape index (κ3) is 3.36. The Labute approximate surface area is 166 Å². The van der Waals surface area contributed by atoms with Crippen LogP contribution in [0.15, 0.2) is 30.3 Å². The number of carbonyl (C=O) groups excluding carboxylic acids is 1. The second-order valence-electron chi connectivity index (χ2n) is 8.04. The Morgan fingerprint density at radius 2 is 2.04 bits per heavy atom. The number of ether oxygens (including phenoxy) is 1. The van der Waals surface area contributed by atoms with Crippen LogP contribution in [0, 0.1) is 17.2 Å². The molecule has 1 N–H and O–H groups in total. The second-order valence-corrected chi connectivity index (χ2v) is 8.04. The highest BCUT2D eigenvalue weighted by atomic mass is 16.5. The van der Waals surface area contributed by atoms with Gasteiger partial charge < -0.3 is 14.7 Å². The lowest BCUT2D eigenvalue weighted by Crippen LogP contribution is -2.66. The van der Waals surface area contributed by atoms with Crippen molar-refractivity contribution >= 4 is 11.5 Å². The van der Waals surface area contributed by atoms with Crippen molar-refractivity contribution in [2.75, 3.05) is 19.8 Å². The molecule has 5 heteroatoms. The maximum absolute atomic E-state index is 13.1. The van der Waals surface area contributed by atoms with Crippen molar-refractivity contribution in [1.29, 1.82) is 5.26 Å². The highest BCUT2D eigenvalue weighted by molar-refractivity contribution is 5.82. The zero-order valence-electron chi connectivity index (χ0n) is 16.2. The van der Waals surface area contributed by atoms with Crippen LogP contribution in [-0.2, 0) is 9.53 Å². The Morgan fingerprint density at radius 3 is 2.71 bits per heavy atom. The van der Waals surface area contributed by atoms with Crippen LogP contribution in [0.5, 0.6) is 0 Å². The Kier molecular flexibility index (Phi) is 5.79. The lowest BCUT2D eigenvalue weighted by Gasteiger charge is -2.53. The van der Waals surface area contributed by atoms with Crippen molar-refractivity contribution in [2.45, 2.75) is 56.5 Å². The molecule has 0 bridgehead atoms. The molecule has 3 aliphatic rings. The molecule has 3 atom stereocenters. The molecule has 4 rings (SSSR count). The Bertz CT molecular complexity index is 791. The maximum atomic E-state index is 13.1. The van der Waals surface area contributed by atoms with Gasteiger partial charge in [0.05, 0.1) is 18.7 Å². The number of hydrogen-bond acceptors (Lipinski definition) is 4. The van der Waals surface area contributed by atoms with E-state index in [4.69, 9.17) is 4.74 Å². The van der Waals surface area contributed by atoms with Gasteiger partial charge in [0, 0.05) is 25.0 Å². The minimum atomic E-state index is -0.516. The molecule has 0 radical (unpaired) electrons. The first kappa shape index (κ1) is 19.2. The maximum Gasteiger partial charge on any atom is 0.227 e. The van der Waals surface area contributed by atoms with E-state index in [-0.39, 0.29) is 30.4 Å². The van der Waals surface area contributed by atoms with Crippen molar-refractivity contribution in [1.82, 2.24) is 4.90 Å². The van der Waals surface area contributed by atoms with E-state index in [1.165, 1.54) is 24.0 Å². The molecule has 2 fully saturated rings. The van der Waals surface area contributed by atoms with E-state index in [0.29, 0.717) is 26.1 Å². The summed E-state index contributed by atoms with van der Waals surface area (Å²) in [4.78, 5) is 14.7. The number of likely N-dealkylation sites (tertiary alicyclic amines) is 1. The van der Waals surface area contributed by atoms with Crippen molar-refractivity contribution < 1.29 is 14.6 Å². The van der Waals surface area contributed by atoms with E-state index >= 15 is 0 Å². The van der Waals surface area contributed by atoms with Crippen LogP contribution in [0.4, 0.5) is 0 Å². The molecule has 0 unspecified atom stereocenters. The SMILES string of the molecule is N#C[C@H]1[C@@H](c2ccccc2C2=CCCCC2)[C@@H](CO)N1C(=O)C1CCOCC1. The van der Waals surface area contributed by atoms with Gasteiger partial charge >= 0.3 is 0 Å². The van der Waals surface area contributed by atoms with Crippen LogP contribution in [0.25, 0.3) is 5.57 Å². The second kappa shape index (κ2) is 8.46. The molecule has 1 aromatic rings. The van der Waals surface area contributed by atoms with E-state index in [9.17, 15) is 15.2 Å². The molecule has 148 valence electrons. The molecular formula is C23H28N2O3. The standard InChI is InChI=1S/C23H28N2O3/c24-14-20-22(19-9-5-4-8-18(19)16-6-2-1-3-7-16)21(15-26)25(20)23(27)17-10-12-28-13-11-17/h4-6,8-9,17,20-22,26H,1-3,7,10-13,15H2/t20-,21+,22+/m0/s1. The number of carbonyl (C=O) groups is 1. The fraction of sp³-hybridized carbons (Fsp3) is 0.565. The zero-order valence-corrected chi connectivity index (χ0v) is 16.2. The van der Waals surface area contributed by atoms with Crippen LogP contribution < -0.4 is 0 Å². The molecule has 0 aromatic heterocycles. The molecule has 0 spiro atoms. The highest BCUT2D eigenvalue weighted by Crippen LogP contribution is 2.45. The third-order valence-corrected chi connectivity index (χ3v) is 6.51. The van der Waals surface area contributed by atoms with Crippen molar-refractivity contribution in [3.8, 4) is 6.07 Å². The van der Waals surface area contributed by atoms with Gasteiger partial charge in [-0.1, -0.05) is 30.3 Å². The number of amides is 1. The lowest BCUT2D eigenvalue weighted by molar-refractivity contribution is -0.154. The fourth-order valence-corrected chi connectivity index (χ4v) is 5.00. The van der Waals surface area contributed by atoms with E-state index in [1.807, 2.05) is 12.1 Å². The summed E-state index contributed by atoms with van der Waals surface area (Å²) in [7, 11) is 0. The predicted molar refractivity (Wildman–Crippen MR) is 106 cm³/mol. The summed E-state index contributed by atoms with van der Waals surface area (Å²) in [5.41, 5.74) is 3.62. The minimum absolute atomic E-state index is 0.000451. The monoisotopic (exact) mass is 380 g/mol. The summed E-state index contributed by atoms with van der Waals surface area (Å²) in [6, 6.07) is 9.73. The predicted octanol–water partition coefficient (Wildman–Crippen LogP) is 3.25. The Morgan fingerprint density at radius 1 is 1.25 bits per heavy atom. The molecule has 2 aliphatic heterocycles. The van der Waals surface area contributed by atoms with Gasteiger partial charge in [-0.2, -0.15) is 5.26 Å². The van der Waals surface area contributed by atoms with E-state index in [0.717, 1.165) is 18.4 Å². The molecule has 2 heterocycles. The number of benzene rings is 1. The summed E-state index contributed by atoms with van der Waals surface area (Å²) in [5, 5.41) is 20.0. The number of nitriles is 1.